The normalized spacial score (nSPS) is 21.3. The zero-order valence-electron chi connectivity index (χ0n) is 21.8. The molecule has 5 rings (SSSR count). The number of amides is 1. The minimum atomic E-state index is -4.56. The Morgan fingerprint density at radius 2 is 1.80 bits per heavy atom. The maximum Gasteiger partial charge on any atom is 0.416 e. The van der Waals surface area contributed by atoms with Crippen molar-refractivity contribution in [2.24, 2.45) is 5.41 Å². The molecule has 9 nitrogen and oxygen atoms in total. The summed E-state index contributed by atoms with van der Waals surface area (Å²) >= 11 is 0. The van der Waals surface area contributed by atoms with Crippen molar-refractivity contribution in [3.8, 4) is 11.3 Å². The Bertz CT molecular complexity index is 1620. The van der Waals surface area contributed by atoms with Crippen LogP contribution in [0.1, 0.15) is 61.3 Å². The SMILES string of the molecule is CC1(C(=O)O)CCCC(C)(c2nc(-c3ccc(C(=O)Nc4cc(C(F)(F)F)ccn4)cc3)c3c(N)nccn23)C1. The Morgan fingerprint density at radius 3 is 2.48 bits per heavy atom. The number of fused-ring (bicyclic) bond motifs is 1. The van der Waals surface area contributed by atoms with Gasteiger partial charge >= 0.3 is 12.1 Å². The van der Waals surface area contributed by atoms with Gasteiger partial charge in [-0.1, -0.05) is 25.5 Å². The zero-order chi connectivity index (χ0) is 28.9. The molecule has 4 aromatic rings. The standard InChI is InChI=1S/C28H27F3N6O3/c1-26(9-3-10-27(2,15-26)25(39)40)24-36-20(21-22(32)34-12-13-37(21)24)16-4-6-17(7-5-16)23(38)35-19-14-18(8-11-33-19)28(29,30)31/h4-8,11-14H,3,9-10,15H2,1-2H3,(H2,32,34)(H,39,40)(H,33,35,38). The number of nitrogens with zero attached hydrogens (tertiary/aromatic N) is 4. The number of carboxylic acid groups (broad SMARTS) is 1. The van der Waals surface area contributed by atoms with Crippen molar-refractivity contribution in [3.05, 3.63) is 71.9 Å². The molecule has 0 bridgehead atoms. The van der Waals surface area contributed by atoms with Crippen LogP contribution in [-0.2, 0) is 16.4 Å². The zero-order valence-corrected chi connectivity index (χ0v) is 21.8. The van der Waals surface area contributed by atoms with Crippen LogP contribution in [0.5, 0.6) is 0 Å². The Labute approximate surface area is 227 Å². The number of nitrogen functional groups attached to an aromatic ring is 1. The Balaban J connectivity index is 1.48. The lowest BCUT2D eigenvalue weighted by molar-refractivity contribution is -0.151. The molecule has 3 aromatic heterocycles. The third-order valence-electron chi connectivity index (χ3n) is 7.63. The topological polar surface area (TPSA) is 135 Å². The maximum atomic E-state index is 13.0. The molecule has 3 heterocycles. The maximum absolute atomic E-state index is 13.0. The first-order valence-corrected chi connectivity index (χ1v) is 12.6. The number of nitrogens with one attached hydrogen (secondary N) is 1. The van der Waals surface area contributed by atoms with Gasteiger partial charge in [-0.3, -0.25) is 14.0 Å². The molecule has 2 atom stereocenters. The molecule has 1 amide bonds. The average Bonchev–Trinajstić information content (AvgIpc) is 3.30. The highest BCUT2D eigenvalue weighted by atomic mass is 19.4. The number of aromatic nitrogens is 4. The van der Waals surface area contributed by atoms with Crippen molar-refractivity contribution in [1.29, 1.82) is 0 Å². The minimum Gasteiger partial charge on any atom is -0.481 e. The van der Waals surface area contributed by atoms with E-state index in [9.17, 15) is 27.9 Å². The average molecular weight is 553 g/mol. The summed E-state index contributed by atoms with van der Waals surface area (Å²) in [6.45, 7) is 3.77. The van der Waals surface area contributed by atoms with Crippen LogP contribution in [0.15, 0.2) is 55.0 Å². The summed E-state index contributed by atoms with van der Waals surface area (Å²) in [6.07, 6.45) is 2.19. The van der Waals surface area contributed by atoms with Crippen molar-refractivity contribution >= 4 is 29.0 Å². The van der Waals surface area contributed by atoms with Crippen molar-refractivity contribution in [2.75, 3.05) is 11.1 Å². The van der Waals surface area contributed by atoms with Gasteiger partial charge in [-0.25, -0.2) is 15.0 Å². The summed E-state index contributed by atoms with van der Waals surface area (Å²) in [6, 6.07) is 7.97. The van der Waals surface area contributed by atoms with Crippen LogP contribution in [-0.4, -0.2) is 36.3 Å². The molecule has 1 aliphatic carbocycles. The highest BCUT2D eigenvalue weighted by Gasteiger charge is 2.47. The van der Waals surface area contributed by atoms with Gasteiger partial charge in [0.2, 0.25) is 0 Å². The molecule has 4 N–H and O–H groups in total. The number of alkyl halides is 3. The van der Waals surface area contributed by atoms with Gasteiger partial charge in [-0.05, 0) is 50.5 Å². The minimum absolute atomic E-state index is 0.203. The molecular formula is C28H27F3N6O3. The van der Waals surface area contributed by atoms with Crippen LogP contribution in [0, 0.1) is 5.41 Å². The van der Waals surface area contributed by atoms with E-state index in [1.54, 1.807) is 31.5 Å². The largest absolute Gasteiger partial charge is 0.481 e. The van der Waals surface area contributed by atoms with E-state index in [0.717, 1.165) is 31.2 Å². The number of nitrogens with two attached hydrogens (primary N) is 1. The predicted octanol–water partition coefficient (Wildman–Crippen LogP) is 5.57. The van der Waals surface area contributed by atoms with E-state index in [1.807, 2.05) is 11.3 Å². The fraction of sp³-hybridized carbons (Fsp3) is 0.321. The molecule has 0 radical (unpaired) electrons. The quantitative estimate of drug-likeness (QED) is 0.295. The number of hydrogen-bond acceptors (Lipinski definition) is 6. The number of benzene rings is 1. The summed E-state index contributed by atoms with van der Waals surface area (Å²) in [5.74, 6) is -0.764. The van der Waals surface area contributed by atoms with E-state index >= 15 is 0 Å². The molecular weight excluding hydrogens is 525 g/mol. The van der Waals surface area contributed by atoms with Crippen LogP contribution in [0.4, 0.5) is 24.8 Å². The fourth-order valence-electron chi connectivity index (χ4n) is 5.61. The third-order valence-corrected chi connectivity index (χ3v) is 7.63. The van der Waals surface area contributed by atoms with Gasteiger partial charge in [-0.2, -0.15) is 13.2 Å². The first-order valence-electron chi connectivity index (χ1n) is 12.6. The van der Waals surface area contributed by atoms with E-state index in [-0.39, 0.29) is 17.2 Å². The summed E-state index contributed by atoms with van der Waals surface area (Å²) in [5.41, 5.74) is 5.85. The monoisotopic (exact) mass is 552 g/mol. The first kappa shape index (κ1) is 27.1. The highest BCUT2D eigenvalue weighted by Crippen LogP contribution is 2.48. The van der Waals surface area contributed by atoms with Gasteiger partial charge in [0.25, 0.3) is 5.91 Å². The van der Waals surface area contributed by atoms with Crippen molar-refractivity contribution in [3.63, 3.8) is 0 Å². The molecule has 1 aromatic carbocycles. The van der Waals surface area contributed by atoms with Crippen molar-refractivity contribution in [1.82, 2.24) is 19.4 Å². The van der Waals surface area contributed by atoms with E-state index in [2.05, 4.69) is 15.3 Å². The van der Waals surface area contributed by atoms with E-state index in [0.29, 0.717) is 35.4 Å². The molecule has 0 saturated heterocycles. The van der Waals surface area contributed by atoms with Crippen LogP contribution < -0.4 is 11.1 Å². The van der Waals surface area contributed by atoms with E-state index in [1.165, 1.54) is 12.1 Å². The van der Waals surface area contributed by atoms with E-state index in [4.69, 9.17) is 10.7 Å². The van der Waals surface area contributed by atoms with Gasteiger partial charge in [0.05, 0.1) is 11.0 Å². The van der Waals surface area contributed by atoms with Crippen LogP contribution in [0.2, 0.25) is 0 Å². The lowest BCUT2D eigenvalue weighted by Crippen LogP contribution is -2.41. The first-order chi connectivity index (χ1) is 18.8. The second-order valence-corrected chi connectivity index (χ2v) is 10.7. The second-order valence-electron chi connectivity index (χ2n) is 10.7. The lowest BCUT2D eigenvalue weighted by atomic mass is 9.63. The Morgan fingerprint density at radius 1 is 1.07 bits per heavy atom. The van der Waals surface area contributed by atoms with Gasteiger partial charge in [0.1, 0.15) is 28.7 Å². The molecule has 12 heteroatoms. The number of carbonyl (C=O) groups excluding carboxylic acids is 1. The highest BCUT2D eigenvalue weighted by molar-refractivity contribution is 6.04. The van der Waals surface area contributed by atoms with E-state index < -0.39 is 34.4 Å². The van der Waals surface area contributed by atoms with Crippen LogP contribution in [0.3, 0.4) is 0 Å². The number of aliphatic carboxylic acids is 1. The number of rotatable bonds is 5. The van der Waals surface area contributed by atoms with Gasteiger partial charge in [-0.15, -0.1) is 0 Å². The summed E-state index contributed by atoms with van der Waals surface area (Å²) in [7, 11) is 0. The molecule has 208 valence electrons. The lowest BCUT2D eigenvalue weighted by Gasteiger charge is -2.41. The number of carboxylic acids is 1. The molecule has 2 unspecified atom stereocenters. The third kappa shape index (κ3) is 4.85. The number of hydrogen-bond donors (Lipinski definition) is 3. The number of imidazole rings is 1. The summed E-state index contributed by atoms with van der Waals surface area (Å²) in [5, 5.41) is 12.3. The fourth-order valence-corrected chi connectivity index (χ4v) is 5.61. The molecule has 1 fully saturated rings. The molecule has 0 aliphatic heterocycles. The van der Waals surface area contributed by atoms with Gasteiger partial charge < -0.3 is 16.2 Å². The predicted molar refractivity (Wildman–Crippen MR) is 142 cm³/mol. The summed E-state index contributed by atoms with van der Waals surface area (Å²) in [4.78, 5) is 37.8. The second kappa shape index (κ2) is 9.61. The molecule has 40 heavy (non-hydrogen) atoms. The van der Waals surface area contributed by atoms with Gasteiger partial charge in [0, 0.05) is 35.1 Å². The number of anilines is 2. The molecule has 1 saturated carbocycles. The van der Waals surface area contributed by atoms with Crippen LogP contribution in [0.25, 0.3) is 16.8 Å². The van der Waals surface area contributed by atoms with Crippen molar-refractivity contribution in [2.45, 2.75) is 51.1 Å². The number of halogens is 3. The Hall–Kier alpha value is -4.48. The molecule has 0 spiro atoms. The summed E-state index contributed by atoms with van der Waals surface area (Å²) < 4.78 is 40.9. The van der Waals surface area contributed by atoms with Crippen molar-refractivity contribution < 1.29 is 27.9 Å². The smallest absolute Gasteiger partial charge is 0.416 e. The Kier molecular flexibility index (Phi) is 6.51. The molecule has 1 aliphatic rings. The van der Waals surface area contributed by atoms with Crippen LogP contribution >= 0.6 is 0 Å². The van der Waals surface area contributed by atoms with Gasteiger partial charge in [0.15, 0.2) is 0 Å². The number of pyridine rings is 1. The number of carbonyl (C=O) groups is 2.